The number of anilines is 1. The molecule has 2 aromatic rings. The van der Waals surface area contributed by atoms with Crippen LogP contribution in [0.2, 0.25) is 5.02 Å². The highest BCUT2D eigenvalue weighted by Gasteiger charge is 2.07. The molecule has 0 saturated heterocycles. The van der Waals surface area contributed by atoms with Gasteiger partial charge in [0.2, 0.25) is 5.91 Å². The average Bonchev–Trinajstić information content (AvgIpc) is 2.35. The molecule has 2 aromatic carbocycles. The van der Waals surface area contributed by atoms with Gasteiger partial charge in [-0.1, -0.05) is 48.0 Å². The predicted molar refractivity (Wildman–Crippen MR) is 75.0 cm³/mol. The van der Waals surface area contributed by atoms with E-state index in [1.807, 2.05) is 49.4 Å². The maximum absolute atomic E-state index is 11.9. The monoisotopic (exact) mass is 259 g/mol. The smallest absolute Gasteiger partial charge is 0.228 e. The van der Waals surface area contributed by atoms with E-state index in [2.05, 4.69) is 5.32 Å². The van der Waals surface area contributed by atoms with Gasteiger partial charge in [0.05, 0.1) is 6.42 Å². The zero-order valence-corrected chi connectivity index (χ0v) is 10.9. The van der Waals surface area contributed by atoms with Gasteiger partial charge in [0, 0.05) is 10.7 Å². The van der Waals surface area contributed by atoms with Crippen molar-refractivity contribution >= 4 is 23.2 Å². The Bertz CT molecular complexity index is 516. The molecular formula is C15H14ClNO. The highest BCUT2D eigenvalue weighted by atomic mass is 35.5. The van der Waals surface area contributed by atoms with Gasteiger partial charge in [-0.2, -0.15) is 0 Å². The molecule has 0 aliphatic rings. The van der Waals surface area contributed by atoms with Crippen LogP contribution in [0.25, 0.3) is 0 Å². The Morgan fingerprint density at radius 2 is 1.78 bits per heavy atom. The molecule has 2 rings (SSSR count). The first-order chi connectivity index (χ1) is 8.66. The molecule has 92 valence electrons. The molecule has 0 fully saturated rings. The van der Waals surface area contributed by atoms with Crippen LogP contribution in [0.15, 0.2) is 48.5 Å². The van der Waals surface area contributed by atoms with Crippen molar-refractivity contribution in [3.63, 3.8) is 0 Å². The number of carbonyl (C=O) groups is 1. The Labute approximate surface area is 112 Å². The van der Waals surface area contributed by atoms with Gasteiger partial charge in [-0.25, -0.2) is 0 Å². The summed E-state index contributed by atoms with van der Waals surface area (Å²) in [4.78, 5) is 11.9. The Morgan fingerprint density at radius 3 is 2.50 bits per heavy atom. The summed E-state index contributed by atoms with van der Waals surface area (Å²) in [5.74, 6) is -0.0580. The molecule has 0 aromatic heterocycles. The minimum absolute atomic E-state index is 0.0580. The molecule has 0 spiro atoms. The summed E-state index contributed by atoms with van der Waals surface area (Å²) in [6.07, 6.45) is 0.286. The van der Waals surface area contributed by atoms with Gasteiger partial charge in [-0.15, -0.1) is 0 Å². The molecule has 0 aliphatic carbocycles. The van der Waals surface area contributed by atoms with Crippen LogP contribution in [0.1, 0.15) is 11.1 Å². The normalized spacial score (nSPS) is 10.1. The molecule has 0 bridgehead atoms. The van der Waals surface area contributed by atoms with Crippen molar-refractivity contribution in [1.29, 1.82) is 0 Å². The van der Waals surface area contributed by atoms with E-state index in [0.29, 0.717) is 5.02 Å². The lowest BCUT2D eigenvalue weighted by atomic mass is 10.1. The summed E-state index contributed by atoms with van der Waals surface area (Å²) in [5.41, 5.74) is 2.73. The second-order valence-electron chi connectivity index (χ2n) is 4.13. The lowest BCUT2D eigenvalue weighted by Gasteiger charge is -2.08. The fraction of sp³-hybridized carbons (Fsp3) is 0.133. The van der Waals surface area contributed by atoms with Gasteiger partial charge in [0.1, 0.15) is 0 Å². The van der Waals surface area contributed by atoms with Crippen LogP contribution < -0.4 is 5.32 Å². The third kappa shape index (κ3) is 3.11. The van der Waals surface area contributed by atoms with Gasteiger partial charge >= 0.3 is 0 Å². The number of hydrogen-bond acceptors (Lipinski definition) is 1. The van der Waals surface area contributed by atoms with Crippen molar-refractivity contribution in [2.75, 3.05) is 5.32 Å². The molecule has 2 nitrogen and oxygen atoms in total. The Balaban J connectivity index is 2.06. The summed E-state index contributed by atoms with van der Waals surface area (Å²) < 4.78 is 0. The van der Waals surface area contributed by atoms with Crippen molar-refractivity contribution in [3.05, 3.63) is 64.7 Å². The van der Waals surface area contributed by atoms with Gasteiger partial charge in [-0.3, -0.25) is 4.79 Å². The molecular weight excluding hydrogens is 246 g/mol. The number of halogens is 1. The Kier molecular flexibility index (Phi) is 4.00. The van der Waals surface area contributed by atoms with Crippen LogP contribution in [-0.2, 0) is 11.2 Å². The minimum Gasteiger partial charge on any atom is -0.326 e. The van der Waals surface area contributed by atoms with Gasteiger partial charge in [0.15, 0.2) is 0 Å². The number of carbonyl (C=O) groups excluding carboxylic acids is 1. The van der Waals surface area contributed by atoms with Crippen LogP contribution in [-0.4, -0.2) is 5.91 Å². The van der Waals surface area contributed by atoms with E-state index in [1.54, 1.807) is 6.07 Å². The van der Waals surface area contributed by atoms with E-state index < -0.39 is 0 Å². The van der Waals surface area contributed by atoms with Crippen LogP contribution in [0.4, 0.5) is 5.69 Å². The predicted octanol–water partition coefficient (Wildman–Crippen LogP) is 3.83. The molecule has 0 aliphatic heterocycles. The summed E-state index contributed by atoms with van der Waals surface area (Å²) in [7, 11) is 0. The Morgan fingerprint density at radius 1 is 1.11 bits per heavy atom. The third-order valence-electron chi connectivity index (χ3n) is 2.73. The number of rotatable bonds is 3. The van der Waals surface area contributed by atoms with Crippen molar-refractivity contribution < 1.29 is 4.79 Å². The Hall–Kier alpha value is -1.80. The average molecular weight is 260 g/mol. The summed E-state index contributed by atoms with van der Waals surface area (Å²) in [6, 6.07) is 15.1. The van der Waals surface area contributed by atoms with Crippen LogP contribution in [0.5, 0.6) is 0 Å². The highest BCUT2D eigenvalue weighted by molar-refractivity contribution is 6.31. The summed E-state index contributed by atoms with van der Waals surface area (Å²) in [6.45, 7) is 1.96. The number of aryl methyl sites for hydroxylation is 1. The van der Waals surface area contributed by atoms with Crippen molar-refractivity contribution in [2.45, 2.75) is 13.3 Å². The standard InChI is InChI=1S/C15H14ClNO/c1-11-6-2-5-9-14(11)17-15(18)10-12-7-3-4-8-13(12)16/h2-9H,10H2,1H3,(H,17,18). The second kappa shape index (κ2) is 5.69. The number of benzene rings is 2. The van der Waals surface area contributed by atoms with E-state index in [1.165, 1.54) is 0 Å². The van der Waals surface area contributed by atoms with E-state index in [-0.39, 0.29) is 12.3 Å². The largest absolute Gasteiger partial charge is 0.326 e. The first-order valence-corrected chi connectivity index (χ1v) is 6.13. The lowest BCUT2D eigenvalue weighted by molar-refractivity contribution is -0.115. The third-order valence-corrected chi connectivity index (χ3v) is 3.10. The highest BCUT2D eigenvalue weighted by Crippen LogP contribution is 2.17. The van der Waals surface area contributed by atoms with Gasteiger partial charge in [0.25, 0.3) is 0 Å². The molecule has 0 saturated carbocycles. The molecule has 0 radical (unpaired) electrons. The van der Waals surface area contributed by atoms with Gasteiger partial charge < -0.3 is 5.32 Å². The molecule has 0 unspecified atom stereocenters. The number of hydrogen-bond donors (Lipinski definition) is 1. The van der Waals surface area contributed by atoms with Crippen molar-refractivity contribution in [1.82, 2.24) is 0 Å². The number of nitrogens with one attached hydrogen (secondary N) is 1. The van der Waals surface area contributed by atoms with E-state index >= 15 is 0 Å². The SMILES string of the molecule is Cc1ccccc1NC(=O)Cc1ccccc1Cl. The van der Waals surface area contributed by atoms with Gasteiger partial charge in [-0.05, 0) is 30.2 Å². The van der Waals surface area contributed by atoms with Crippen molar-refractivity contribution in [2.24, 2.45) is 0 Å². The molecule has 1 N–H and O–H groups in total. The first kappa shape index (κ1) is 12.7. The number of para-hydroxylation sites is 1. The summed E-state index contributed by atoms with van der Waals surface area (Å²) in [5, 5.41) is 3.51. The maximum atomic E-state index is 11.9. The first-order valence-electron chi connectivity index (χ1n) is 5.75. The molecule has 18 heavy (non-hydrogen) atoms. The number of amides is 1. The molecule has 3 heteroatoms. The quantitative estimate of drug-likeness (QED) is 0.892. The zero-order valence-electron chi connectivity index (χ0n) is 10.1. The van der Waals surface area contributed by atoms with E-state index in [4.69, 9.17) is 11.6 Å². The van der Waals surface area contributed by atoms with E-state index in [9.17, 15) is 4.79 Å². The minimum atomic E-state index is -0.0580. The molecule has 1 amide bonds. The van der Waals surface area contributed by atoms with Crippen LogP contribution in [0, 0.1) is 6.92 Å². The fourth-order valence-corrected chi connectivity index (χ4v) is 1.92. The molecule has 0 heterocycles. The van der Waals surface area contributed by atoms with Crippen LogP contribution >= 0.6 is 11.6 Å². The second-order valence-corrected chi connectivity index (χ2v) is 4.54. The van der Waals surface area contributed by atoms with Crippen molar-refractivity contribution in [3.8, 4) is 0 Å². The molecule has 0 atom stereocenters. The summed E-state index contributed by atoms with van der Waals surface area (Å²) >= 11 is 6.02. The fourth-order valence-electron chi connectivity index (χ4n) is 1.72. The van der Waals surface area contributed by atoms with Crippen LogP contribution in [0.3, 0.4) is 0 Å². The van der Waals surface area contributed by atoms with E-state index in [0.717, 1.165) is 16.8 Å². The maximum Gasteiger partial charge on any atom is 0.228 e. The zero-order chi connectivity index (χ0) is 13.0. The topological polar surface area (TPSA) is 29.1 Å². The lowest BCUT2D eigenvalue weighted by Crippen LogP contribution is -2.15.